The van der Waals surface area contributed by atoms with E-state index in [1.807, 2.05) is 15.8 Å². The molecule has 5 heteroatoms. The Kier molecular flexibility index (Phi) is 9.71. The summed E-state index contributed by atoms with van der Waals surface area (Å²) in [5, 5.41) is 2.01. The Morgan fingerprint density at radius 1 is 1.14 bits per heavy atom. The number of Topliss-reactive ketones (excluding diaryl/α,β-unsaturated/α-hetero) is 1. The van der Waals surface area contributed by atoms with Gasteiger partial charge in [-0.15, -0.1) is 11.3 Å². The number of carbonyl (C=O) groups is 2. The van der Waals surface area contributed by atoms with Crippen LogP contribution < -0.4 is 0 Å². The number of hydrogen-bond acceptors (Lipinski definition) is 4. The molecule has 1 aromatic heterocycles. The monoisotopic (exact) mass is 324 g/mol. The lowest BCUT2D eigenvalue weighted by Gasteiger charge is -2.22. The Hall–Kier alpha value is -1.23. The van der Waals surface area contributed by atoms with E-state index >= 15 is 0 Å². The summed E-state index contributed by atoms with van der Waals surface area (Å²) < 4.78 is 0. The van der Waals surface area contributed by atoms with Gasteiger partial charge in [-0.3, -0.25) is 9.59 Å². The van der Waals surface area contributed by atoms with Crippen LogP contribution in [0.15, 0.2) is 10.9 Å². The van der Waals surface area contributed by atoms with Crippen molar-refractivity contribution in [1.29, 1.82) is 0 Å². The highest BCUT2D eigenvalue weighted by Gasteiger charge is 2.16. The highest BCUT2D eigenvalue weighted by atomic mass is 32.1. The average molecular weight is 324 g/mol. The minimum absolute atomic E-state index is 0.0228. The van der Waals surface area contributed by atoms with Gasteiger partial charge < -0.3 is 4.90 Å². The van der Waals surface area contributed by atoms with Crippen molar-refractivity contribution in [1.82, 2.24) is 9.88 Å². The Morgan fingerprint density at radius 3 is 2.55 bits per heavy atom. The van der Waals surface area contributed by atoms with Crippen LogP contribution in [0.1, 0.15) is 64.5 Å². The number of hydrogen-bond donors (Lipinski definition) is 0. The van der Waals surface area contributed by atoms with E-state index in [-0.39, 0.29) is 18.1 Å². The molecule has 22 heavy (non-hydrogen) atoms. The molecule has 1 aromatic rings. The van der Waals surface area contributed by atoms with Gasteiger partial charge in [0.2, 0.25) is 5.91 Å². The molecule has 1 heterocycles. The number of thiazole rings is 1. The molecular formula is C17H28N2O2S. The number of ketones is 1. The normalized spacial score (nSPS) is 10.6. The van der Waals surface area contributed by atoms with Gasteiger partial charge >= 0.3 is 0 Å². The standard InChI is InChI=1S/C17H28N2O2S/c1-3-5-6-7-8-10-19(17(21)12-16(20)4-2)11-9-15-13-22-14-18-15/h13-14H,3-12H2,1-2H3. The van der Waals surface area contributed by atoms with Crippen molar-refractivity contribution >= 4 is 23.0 Å². The minimum Gasteiger partial charge on any atom is -0.342 e. The predicted molar refractivity (Wildman–Crippen MR) is 91.1 cm³/mol. The third-order valence-corrected chi connectivity index (χ3v) is 4.38. The second kappa shape index (κ2) is 11.4. The Morgan fingerprint density at radius 2 is 1.91 bits per heavy atom. The Bertz CT molecular complexity index is 432. The molecule has 0 aliphatic rings. The van der Waals surface area contributed by atoms with Crippen molar-refractivity contribution in [3.63, 3.8) is 0 Å². The zero-order valence-corrected chi connectivity index (χ0v) is 14.7. The van der Waals surface area contributed by atoms with E-state index in [0.29, 0.717) is 13.0 Å². The fraction of sp³-hybridized carbons (Fsp3) is 0.706. The molecule has 0 spiro atoms. The van der Waals surface area contributed by atoms with Crippen LogP contribution in [-0.4, -0.2) is 34.7 Å². The van der Waals surface area contributed by atoms with Crippen molar-refractivity contribution in [3.05, 3.63) is 16.6 Å². The molecule has 0 fully saturated rings. The van der Waals surface area contributed by atoms with Gasteiger partial charge in [0, 0.05) is 31.3 Å². The number of aromatic nitrogens is 1. The lowest BCUT2D eigenvalue weighted by molar-refractivity contribution is -0.135. The van der Waals surface area contributed by atoms with Gasteiger partial charge in [0.1, 0.15) is 5.78 Å². The molecule has 0 aromatic carbocycles. The van der Waals surface area contributed by atoms with E-state index in [4.69, 9.17) is 0 Å². The first-order valence-corrected chi connectivity index (χ1v) is 9.28. The zero-order valence-electron chi connectivity index (χ0n) is 13.8. The van der Waals surface area contributed by atoms with Crippen molar-refractivity contribution < 1.29 is 9.59 Å². The van der Waals surface area contributed by atoms with E-state index in [0.717, 1.165) is 31.5 Å². The molecule has 1 amide bonds. The second-order valence-electron chi connectivity index (χ2n) is 5.59. The van der Waals surface area contributed by atoms with Crippen LogP contribution in [0.3, 0.4) is 0 Å². The zero-order chi connectivity index (χ0) is 16.2. The molecule has 124 valence electrons. The summed E-state index contributed by atoms with van der Waals surface area (Å²) in [6.07, 6.45) is 7.10. The van der Waals surface area contributed by atoms with Crippen LogP contribution in [-0.2, 0) is 16.0 Å². The summed E-state index contributed by atoms with van der Waals surface area (Å²) in [7, 11) is 0. The van der Waals surface area contributed by atoms with Crippen LogP contribution in [0.5, 0.6) is 0 Å². The smallest absolute Gasteiger partial charge is 0.230 e. The lowest BCUT2D eigenvalue weighted by Crippen LogP contribution is -2.35. The fourth-order valence-electron chi connectivity index (χ4n) is 2.28. The van der Waals surface area contributed by atoms with Crippen molar-refractivity contribution in [2.75, 3.05) is 13.1 Å². The number of rotatable bonds is 12. The quantitative estimate of drug-likeness (QED) is 0.433. The molecule has 0 bridgehead atoms. The molecule has 0 saturated carbocycles. The van der Waals surface area contributed by atoms with Crippen LogP contribution in [0.2, 0.25) is 0 Å². The van der Waals surface area contributed by atoms with Crippen molar-refractivity contribution in [3.8, 4) is 0 Å². The number of unbranched alkanes of at least 4 members (excludes halogenated alkanes) is 4. The van der Waals surface area contributed by atoms with E-state index in [1.54, 1.807) is 18.3 Å². The molecule has 0 saturated heterocycles. The van der Waals surface area contributed by atoms with E-state index in [1.165, 1.54) is 19.3 Å². The van der Waals surface area contributed by atoms with Crippen LogP contribution in [0.25, 0.3) is 0 Å². The molecule has 4 nitrogen and oxygen atoms in total. The summed E-state index contributed by atoms with van der Waals surface area (Å²) in [6, 6.07) is 0. The number of amides is 1. The Balaban J connectivity index is 2.44. The van der Waals surface area contributed by atoms with Crippen LogP contribution in [0, 0.1) is 0 Å². The topological polar surface area (TPSA) is 50.3 Å². The highest BCUT2D eigenvalue weighted by molar-refractivity contribution is 7.07. The van der Waals surface area contributed by atoms with Crippen molar-refractivity contribution in [2.24, 2.45) is 0 Å². The summed E-state index contributed by atoms with van der Waals surface area (Å²) in [5.74, 6) is -0.00721. The summed E-state index contributed by atoms with van der Waals surface area (Å²) in [4.78, 5) is 29.9. The molecule has 0 unspecified atom stereocenters. The van der Waals surface area contributed by atoms with Gasteiger partial charge in [0.15, 0.2) is 0 Å². The first-order chi connectivity index (χ1) is 10.7. The number of carbonyl (C=O) groups excluding carboxylic acids is 2. The SMILES string of the molecule is CCCCCCCN(CCc1cscn1)C(=O)CC(=O)CC. The molecule has 0 aliphatic heterocycles. The van der Waals surface area contributed by atoms with Crippen molar-refractivity contribution in [2.45, 2.75) is 65.2 Å². The van der Waals surface area contributed by atoms with Gasteiger partial charge in [0.05, 0.1) is 17.6 Å². The maximum absolute atomic E-state index is 12.3. The van der Waals surface area contributed by atoms with Gasteiger partial charge in [-0.2, -0.15) is 0 Å². The maximum Gasteiger partial charge on any atom is 0.230 e. The van der Waals surface area contributed by atoms with Gasteiger partial charge in [-0.25, -0.2) is 4.98 Å². The molecule has 1 rings (SSSR count). The molecule has 0 N–H and O–H groups in total. The predicted octanol–water partition coefficient (Wildman–Crippen LogP) is 3.85. The maximum atomic E-state index is 12.3. The molecular weight excluding hydrogens is 296 g/mol. The fourth-order valence-corrected chi connectivity index (χ4v) is 2.88. The largest absolute Gasteiger partial charge is 0.342 e. The number of nitrogens with zero attached hydrogens (tertiary/aromatic N) is 2. The first-order valence-electron chi connectivity index (χ1n) is 8.33. The minimum atomic E-state index is -0.0300. The Labute approximate surface area is 137 Å². The van der Waals surface area contributed by atoms with E-state index in [9.17, 15) is 9.59 Å². The third kappa shape index (κ3) is 7.69. The average Bonchev–Trinajstić information content (AvgIpc) is 3.03. The first kappa shape index (κ1) is 18.8. The van der Waals surface area contributed by atoms with E-state index < -0.39 is 0 Å². The van der Waals surface area contributed by atoms with Gasteiger partial charge in [0.25, 0.3) is 0 Å². The van der Waals surface area contributed by atoms with Gasteiger partial charge in [-0.05, 0) is 6.42 Å². The van der Waals surface area contributed by atoms with Crippen LogP contribution in [0.4, 0.5) is 0 Å². The van der Waals surface area contributed by atoms with Crippen LogP contribution >= 0.6 is 11.3 Å². The van der Waals surface area contributed by atoms with Gasteiger partial charge in [-0.1, -0.05) is 39.5 Å². The third-order valence-electron chi connectivity index (χ3n) is 3.75. The molecule has 0 aliphatic carbocycles. The second-order valence-corrected chi connectivity index (χ2v) is 6.31. The highest BCUT2D eigenvalue weighted by Crippen LogP contribution is 2.08. The molecule has 0 radical (unpaired) electrons. The summed E-state index contributed by atoms with van der Waals surface area (Å²) >= 11 is 1.57. The molecule has 0 atom stereocenters. The van der Waals surface area contributed by atoms with E-state index in [2.05, 4.69) is 11.9 Å². The lowest BCUT2D eigenvalue weighted by atomic mass is 10.1. The summed E-state index contributed by atoms with van der Waals surface area (Å²) in [6.45, 7) is 5.41. The summed E-state index contributed by atoms with van der Waals surface area (Å²) in [5.41, 5.74) is 2.84.